The average Bonchev–Trinajstić information content (AvgIpc) is 2.29. The van der Waals surface area contributed by atoms with Crippen molar-refractivity contribution in [3.8, 4) is 0 Å². The van der Waals surface area contributed by atoms with Crippen LogP contribution in [0.15, 0.2) is 0 Å². The van der Waals surface area contributed by atoms with Gasteiger partial charge in [0.2, 0.25) is 0 Å². The summed E-state index contributed by atoms with van der Waals surface area (Å²) in [5.41, 5.74) is 0. The normalized spacial score (nSPS) is 18.7. The molecule has 0 aromatic rings. The van der Waals surface area contributed by atoms with Gasteiger partial charge in [-0.3, -0.25) is 0 Å². The minimum absolute atomic E-state index is 0.402. The van der Waals surface area contributed by atoms with Crippen molar-refractivity contribution in [2.24, 2.45) is 0 Å². The van der Waals surface area contributed by atoms with Crippen LogP contribution in [0.1, 0.15) is 20.8 Å². The summed E-state index contributed by atoms with van der Waals surface area (Å²) in [5, 5.41) is 0. The zero-order valence-electron chi connectivity index (χ0n) is 11.2. The van der Waals surface area contributed by atoms with Gasteiger partial charge in [0.25, 0.3) is 0 Å². The van der Waals surface area contributed by atoms with Crippen molar-refractivity contribution in [1.29, 1.82) is 0 Å². The highest BCUT2D eigenvalue weighted by Gasteiger charge is 2.43. The second-order valence-corrected chi connectivity index (χ2v) is 6.40. The summed E-state index contributed by atoms with van der Waals surface area (Å²) >= 11 is 5.79. The van der Waals surface area contributed by atoms with Crippen molar-refractivity contribution in [2.75, 3.05) is 26.7 Å². The van der Waals surface area contributed by atoms with Gasteiger partial charge in [0.1, 0.15) is 12.6 Å². The van der Waals surface area contributed by atoms with Gasteiger partial charge in [-0.05, 0) is 20.8 Å². The Morgan fingerprint density at radius 2 is 1.53 bits per heavy atom. The average molecular weight is 287 g/mol. The van der Waals surface area contributed by atoms with Gasteiger partial charge in [-0.15, -0.1) is 11.6 Å². The molecule has 17 heavy (non-hydrogen) atoms. The molecular formula is C10H23ClO5Si. The number of hydrogen-bond donors (Lipinski definition) is 0. The second kappa shape index (κ2) is 9.27. The molecular weight excluding hydrogens is 264 g/mol. The van der Waals surface area contributed by atoms with Gasteiger partial charge in [-0.1, -0.05) is 0 Å². The molecule has 0 bridgehead atoms. The number of rotatable bonds is 10. The molecule has 0 aliphatic rings. The SMILES string of the molecule is CCO[Si](CCCl)(OC(C)OC)OC(C)OC. The Hall–Kier alpha value is 0.307. The van der Waals surface area contributed by atoms with Gasteiger partial charge in [0, 0.05) is 32.8 Å². The summed E-state index contributed by atoms with van der Waals surface area (Å²) in [4.78, 5) is 0. The first-order valence-corrected chi connectivity index (χ1v) is 8.11. The van der Waals surface area contributed by atoms with Crippen LogP contribution in [0.4, 0.5) is 0 Å². The Kier molecular flexibility index (Phi) is 9.43. The molecule has 0 aromatic heterocycles. The number of methoxy groups -OCH3 is 2. The van der Waals surface area contributed by atoms with E-state index in [1.54, 1.807) is 28.1 Å². The monoisotopic (exact) mass is 286 g/mol. The van der Waals surface area contributed by atoms with Crippen LogP contribution in [-0.2, 0) is 22.8 Å². The topological polar surface area (TPSA) is 46.2 Å². The largest absolute Gasteiger partial charge is 0.506 e. The summed E-state index contributed by atoms with van der Waals surface area (Å²) < 4.78 is 27.3. The van der Waals surface area contributed by atoms with Crippen molar-refractivity contribution in [3.05, 3.63) is 0 Å². The van der Waals surface area contributed by atoms with E-state index in [2.05, 4.69) is 0 Å². The van der Waals surface area contributed by atoms with Crippen molar-refractivity contribution in [1.82, 2.24) is 0 Å². The van der Waals surface area contributed by atoms with Crippen molar-refractivity contribution in [2.45, 2.75) is 39.4 Å². The molecule has 0 amide bonds. The third-order valence-corrected chi connectivity index (χ3v) is 5.60. The fourth-order valence-corrected chi connectivity index (χ4v) is 4.36. The molecule has 0 spiro atoms. The van der Waals surface area contributed by atoms with Crippen LogP contribution >= 0.6 is 11.6 Å². The van der Waals surface area contributed by atoms with Crippen LogP contribution in [0.2, 0.25) is 6.04 Å². The van der Waals surface area contributed by atoms with Crippen LogP contribution in [0.5, 0.6) is 0 Å². The Balaban J connectivity index is 4.70. The molecule has 0 saturated heterocycles. The number of ether oxygens (including phenoxy) is 2. The number of alkyl halides is 1. The van der Waals surface area contributed by atoms with E-state index in [1.165, 1.54) is 0 Å². The fourth-order valence-electron chi connectivity index (χ4n) is 1.22. The summed E-state index contributed by atoms with van der Waals surface area (Å²) in [7, 11) is 0.286. The van der Waals surface area contributed by atoms with Crippen molar-refractivity contribution < 1.29 is 22.8 Å². The summed E-state index contributed by atoms with van der Waals surface area (Å²) in [6, 6.07) is 0.518. The van der Waals surface area contributed by atoms with Crippen LogP contribution in [0.3, 0.4) is 0 Å². The molecule has 0 fully saturated rings. The van der Waals surface area contributed by atoms with E-state index in [0.29, 0.717) is 18.5 Å². The maximum absolute atomic E-state index is 5.79. The predicted octanol–water partition coefficient (Wildman–Crippen LogP) is 2.22. The maximum Gasteiger partial charge on any atom is 0.506 e. The van der Waals surface area contributed by atoms with Gasteiger partial charge in [-0.2, -0.15) is 0 Å². The first-order valence-electron chi connectivity index (χ1n) is 5.64. The molecule has 0 heterocycles. The van der Waals surface area contributed by atoms with Gasteiger partial charge in [0.05, 0.1) is 0 Å². The lowest BCUT2D eigenvalue weighted by molar-refractivity contribution is -0.131. The van der Waals surface area contributed by atoms with E-state index in [0.717, 1.165) is 0 Å². The van der Waals surface area contributed by atoms with Gasteiger partial charge >= 0.3 is 8.80 Å². The van der Waals surface area contributed by atoms with E-state index < -0.39 is 21.4 Å². The van der Waals surface area contributed by atoms with E-state index in [9.17, 15) is 0 Å². The third kappa shape index (κ3) is 6.71. The first kappa shape index (κ1) is 17.3. The van der Waals surface area contributed by atoms with E-state index >= 15 is 0 Å². The molecule has 0 N–H and O–H groups in total. The second-order valence-electron chi connectivity index (χ2n) is 3.40. The standard InChI is InChI=1S/C10H23ClO5Si/c1-6-14-17(8-7-11,15-9(2)12-4)16-10(3)13-5/h9-10H,6-8H2,1-5H3. The predicted molar refractivity (Wildman–Crippen MR) is 68.0 cm³/mol. The van der Waals surface area contributed by atoms with Crippen molar-refractivity contribution in [3.63, 3.8) is 0 Å². The molecule has 0 rings (SSSR count). The zero-order chi connectivity index (χ0) is 13.3. The van der Waals surface area contributed by atoms with Crippen LogP contribution in [0.25, 0.3) is 0 Å². The highest BCUT2D eigenvalue weighted by atomic mass is 35.5. The third-order valence-electron chi connectivity index (χ3n) is 2.12. The van der Waals surface area contributed by atoms with Gasteiger partial charge < -0.3 is 22.8 Å². The minimum atomic E-state index is -2.85. The lowest BCUT2D eigenvalue weighted by Gasteiger charge is -2.32. The molecule has 0 saturated carbocycles. The van der Waals surface area contributed by atoms with Crippen LogP contribution < -0.4 is 0 Å². The number of halogens is 1. The molecule has 5 nitrogen and oxygen atoms in total. The van der Waals surface area contributed by atoms with Crippen LogP contribution in [0, 0.1) is 0 Å². The summed E-state index contributed by atoms with van der Waals surface area (Å²) in [6.45, 7) is 5.96. The molecule has 7 heteroatoms. The number of hydrogen-bond acceptors (Lipinski definition) is 5. The fraction of sp³-hybridized carbons (Fsp3) is 1.00. The van der Waals surface area contributed by atoms with Gasteiger partial charge in [-0.25, -0.2) is 0 Å². The lowest BCUT2D eigenvalue weighted by Crippen LogP contribution is -2.50. The lowest BCUT2D eigenvalue weighted by atomic mass is 10.8. The molecule has 2 atom stereocenters. The van der Waals surface area contributed by atoms with Crippen molar-refractivity contribution >= 4 is 20.4 Å². The molecule has 0 radical (unpaired) electrons. The Bertz CT molecular complexity index is 176. The quantitative estimate of drug-likeness (QED) is 0.350. The Morgan fingerprint density at radius 1 is 1.06 bits per heavy atom. The first-order chi connectivity index (χ1) is 8.03. The Morgan fingerprint density at radius 3 is 1.82 bits per heavy atom. The zero-order valence-corrected chi connectivity index (χ0v) is 13.0. The van der Waals surface area contributed by atoms with Gasteiger partial charge in [0.15, 0.2) is 0 Å². The smallest absolute Gasteiger partial charge is 0.374 e. The summed E-state index contributed by atoms with van der Waals surface area (Å²) in [5.74, 6) is 0.402. The molecule has 0 aromatic carbocycles. The van der Waals surface area contributed by atoms with E-state index in [4.69, 9.17) is 34.4 Å². The highest BCUT2D eigenvalue weighted by molar-refractivity contribution is 6.61. The minimum Gasteiger partial charge on any atom is -0.374 e. The highest BCUT2D eigenvalue weighted by Crippen LogP contribution is 2.21. The Labute approximate surface area is 110 Å². The molecule has 2 unspecified atom stereocenters. The maximum atomic E-state index is 5.79. The molecule has 0 aliphatic carbocycles. The van der Waals surface area contributed by atoms with E-state index in [1.807, 2.05) is 6.92 Å². The van der Waals surface area contributed by atoms with Crippen LogP contribution in [-0.4, -0.2) is 48.1 Å². The molecule has 0 aliphatic heterocycles. The molecule has 104 valence electrons. The van der Waals surface area contributed by atoms with E-state index in [-0.39, 0.29) is 0 Å². The summed E-state index contributed by atoms with van der Waals surface area (Å²) in [6.07, 6.45) is -0.805.